The van der Waals surface area contributed by atoms with Crippen LogP contribution in [0.3, 0.4) is 0 Å². The summed E-state index contributed by atoms with van der Waals surface area (Å²) in [5.41, 5.74) is 3.25. The first-order valence-electron chi connectivity index (χ1n) is 7.91. The molecule has 4 aromatic rings. The van der Waals surface area contributed by atoms with E-state index in [-0.39, 0.29) is 0 Å². The zero-order valence-corrected chi connectivity index (χ0v) is 14.5. The van der Waals surface area contributed by atoms with E-state index in [0.717, 1.165) is 22.1 Å². The molecule has 2 aromatic heterocycles. The number of imidazole rings is 1. The Morgan fingerprint density at radius 1 is 0.960 bits per heavy atom. The number of aryl methyl sites for hydroxylation is 1. The van der Waals surface area contributed by atoms with Crippen LogP contribution in [0.2, 0.25) is 0 Å². The summed E-state index contributed by atoms with van der Waals surface area (Å²) in [6.07, 6.45) is 1.91. The molecule has 0 radical (unpaired) electrons. The third-order valence-corrected chi connectivity index (χ3v) is 4.64. The standard InChI is InChI=1S/C19H16N4OS/c1-14-21-22-18(24-14)13-25-19-20-12-17(15-8-4-2-5-9-15)23(19)16-10-6-3-7-11-16/h2-12H,13H2,1H3. The molecule has 5 nitrogen and oxygen atoms in total. The monoisotopic (exact) mass is 348 g/mol. The van der Waals surface area contributed by atoms with Crippen LogP contribution in [0.25, 0.3) is 16.9 Å². The van der Waals surface area contributed by atoms with Crippen molar-refractivity contribution in [3.05, 3.63) is 78.6 Å². The number of hydrogen-bond donors (Lipinski definition) is 0. The summed E-state index contributed by atoms with van der Waals surface area (Å²) in [6, 6.07) is 20.5. The lowest BCUT2D eigenvalue weighted by Gasteiger charge is -2.11. The van der Waals surface area contributed by atoms with E-state index in [1.165, 1.54) is 0 Å². The minimum atomic E-state index is 0.576. The number of hydrogen-bond acceptors (Lipinski definition) is 5. The molecule has 6 heteroatoms. The van der Waals surface area contributed by atoms with E-state index in [1.807, 2.05) is 42.6 Å². The molecule has 0 saturated carbocycles. The lowest BCUT2D eigenvalue weighted by molar-refractivity contribution is 0.485. The fourth-order valence-corrected chi connectivity index (χ4v) is 3.43. The van der Waals surface area contributed by atoms with Crippen LogP contribution in [-0.2, 0) is 5.75 Å². The molecular weight excluding hydrogens is 332 g/mol. The third kappa shape index (κ3) is 3.34. The van der Waals surface area contributed by atoms with Gasteiger partial charge >= 0.3 is 0 Å². The van der Waals surface area contributed by atoms with E-state index in [0.29, 0.717) is 17.5 Å². The first-order chi connectivity index (χ1) is 12.3. The summed E-state index contributed by atoms with van der Waals surface area (Å²) >= 11 is 1.58. The molecule has 0 saturated heterocycles. The first kappa shape index (κ1) is 15.7. The van der Waals surface area contributed by atoms with Gasteiger partial charge in [0.25, 0.3) is 0 Å². The quantitative estimate of drug-likeness (QED) is 0.496. The number of benzene rings is 2. The SMILES string of the molecule is Cc1nnc(CSc2ncc(-c3ccccc3)n2-c2ccccc2)o1. The predicted octanol–water partition coefficient (Wildman–Crippen LogP) is 4.52. The summed E-state index contributed by atoms with van der Waals surface area (Å²) in [4.78, 5) is 4.63. The maximum absolute atomic E-state index is 5.46. The Hall–Kier alpha value is -2.86. The van der Waals surface area contributed by atoms with E-state index in [2.05, 4.69) is 44.0 Å². The number of thioether (sulfide) groups is 1. The Bertz CT molecular complexity index is 964. The normalized spacial score (nSPS) is 10.9. The summed E-state index contributed by atoms with van der Waals surface area (Å²) in [5.74, 6) is 1.76. The van der Waals surface area contributed by atoms with Gasteiger partial charge in [-0.15, -0.1) is 10.2 Å². The Labute approximate surface area is 149 Å². The van der Waals surface area contributed by atoms with Gasteiger partial charge in [0.15, 0.2) is 5.16 Å². The van der Waals surface area contributed by atoms with Crippen LogP contribution in [0.5, 0.6) is 0 Å². The average molecular weight is 348 g/mol. The molecule has 0 aliphatic carbocycles. The van der Waals surface area contributed by atoms with Gasteiger partial charge in [0.2, 0.25) is 11.8 Å². The van der Waals surface area contributed by atoms with Gasteiger partial charge in [-0.05, 0) is 12.1 Å². The fraction of sp³-hybridized carbons (Fsp3) is 0.105. The van der Waals surface area contributed by atoms with Gasteiger partial charge in [-0.1, -0.05) is 60.3 Å². The van der Waals surface area contributed by atoms with E-state index in [1.54, 1.807) is 18.7 Å². The average Bonchev–Trinajstić information content (AvgIpc) is 3.27. The van der Waals surface area contributed by atoms with E-state index >= 15 is 0 Å². The molecule has 2 heterocycles. The Kier molecular flexibility index (Phi) is 4.35. The highest BCUT2D eigenvalue weighted by Crippen LogP contribution is 2.31. The molecule has 4 rings (SSSR count). The topological polar surface area (TPSA) is 56.7 Å². The highest BCUT2D eigenvalue weighted by molar-refractivity contribution is 7.98. The second kappa shape index (κ2) is 6.94. The molecule has 0 atom stereocenters. The Balaban J connectivity index is 1.73. The summed E-state index contributed by atoms with van der Waals surface area (Å²) in [6.45, 7) is 1.79. The van der Waals surface area contributed by atoms with Crippen LogP contribution in [0.4, 0.5) is 0 Å². The summed E-state index contributed by atoms with van der Waals surface area (Å²) < 4.78 is 7.62. The molecule has 0 spiro atoms. The molecule has 0 bridgehead atoms. The van der Waals surface area contributed by atoms with Crippen LogP contribution in [0.1, 0.15) is 11.8 Å². The maximum Gasteiger partial charge on any atom is 0.226 e. The summed E-state index contributed by atoms with van der Waals surface area (Å²) in [7, 11) is 0. The Morgan fingerprint density at radius 2 is 1.68 bits per heavy atom. The Morgan fingerprint density at radius 3 is 2.36 bits per heavy atom. The number of para-hydroxylation sites is 1. The first-order valence-corrected chi connectivity index (χ1v) is 8.90. The van der Waals surface area contributed by atoms with Crippen LogP contribution in [0, 0.1) is 6.92 Å². The molecule has 0 fully saturated rings. The molecule has 0 aliphatic heterocycles. The van der Waals surface area contributed by atoms with Gasteiger partial charge in [0.1, 0.15) is 0 Å². The molecule has 0 unspecified atom stereocenters. The third-order valence-electron chi connectivity index (χ3n) is 3.71. The van der Waals surface area contributed by atoms with Crippen molar-refractivity contribution in [3.8, 4) is 16.9 Å². The van der Waals surface area contributed by atoms with E-state index in [4.69, 9.17) is 4.42 Å². The minimum absolute atomic E-state index is 0.576. The highest BCUT2D eigenvalue weighted by atomic mass is 32.2. The van der Waals surface area contributed by atoms with Gasteiger partial charge in [0, 0.05) is 18.2 Å². The van der Waals surface area contributed by atoms with Crippen molar-refractivity contribution in [2.75, 3.05) is 0 Å². The van der Waals surface area contributed by atoms with Gasteiger partial charge < -0.3 is 4.42 Å². The van der Waals surface area contributed by atoms with Crippen LogP contribution >= 0.6 is 11.8 Å². The minimum Gasteiger partial charge on any atom is -0.425 e. The lowest BCUT2D eigenvalue weighted by atomic mass is 10.1. The molecule has 0 N–H and O–H groups in total. The summed E-state index contributed by atoms with van der Waals surface area (Å²) in [5, 5.41) is 8.82. The molecule has 25 heavy (non-hydrogen) atoms. The van der Waals surface area contributed by atoms with Crippen LogP contribution in [-0.4, -0.2) is 19.7 Å². The van der Waals surface area contributed by atoms with Crippen molar-refractivity contribution >= 4 is 11.8 Å². The zero-order chi connectivity index (χ0) is 17.1. The van der Waals surface area contributed by atoms with Crippen molar-refractivity contribution in [1.82, 2.24) is 19.7 Å². The molecule has 0 amide bonds. The fourth-order valence-electron chi connectivity index (χ4n) is 2.60. The van der Waals surface area contributed by atoms with Gasteiger partial charge in [0.05, 0.1) is 17.6 Å². The highest BCUT2D eigenvalue weighted by Gasteiger charge is 2.15. The van der Waals surface area contributed by atoms with Crippen LogP contribution < -0.4 is 0 Å². The lowest BCUT2D eigenvalue weighted by Crippen LogP contribution is -1.99. The van der Waals surface area contributed by atoms with Crippen molar-refractivity contribution in [2.24, 2.45) is 0 Å². The molecule has 0 aliphatic rings. The maximum atomic E-state index is 5.46. The van der Waals surface area contributed by atoms with Crippen LogP contribution in [0.15, 0.2) is 76.4 Å². The van der Waals surface area contributed by atoms with Crippen molar-refractivity contribution in [2.45, 2.75) is 17.8 Å². The van der Waals surface area contributed by atoms with Crippen molar-refractivity contribution < 1.29 is 4.42 Å². The number of aromatic nitrogens is 4. The smallest absolute Gasteiger partial charge is 0.226 e. The molecular formula is C19H16N4OS. The predicted molar refractivity (Wildman–Crippen MR) is 97.6 cm³/mol. The van der Waals surface area contributed by atoms with Gasteiger partial charge in [-0.3, -0.25) is 4.57 Å². The largest absolute Gasteiger partial charge is 0.425 e. The van der Waals surface area contributed by atoms with Crippen molar-refractivity contribution in [3.63, 3.8) is 0 Å². The number of rotatable bonds is 5. The van der Waals surface area contributed by atoms with E-state index < -0.39 is 0 Å². The molecule has 124 valence electrons. The molecule has 2 aromatic carbocycles. The number of nitrogens with zero attached hydrogens (tertiary/aromatic N) is 4. The van der Waals surface area contributed by atoms with Gasteiger partial charge in [-0.2, -0.15) is 0 Å². The van der Waals surface area contributed by atoms with Crippen molar-refractivity contribution in [1.29, 1.82) is 0 Å². The van der Waals surface area contributed by atoms with E-state index in [9.17, 15) is 0 Å². The van der Waals surface area contributed by atoms with Gasteiger partial charge in [-0.25, -0.2) is 4.98 Å². The second-order valence-electron chi connectivity index (χ2n) is 5.47. The second-order valence-corrected chi connectivity index (χ2v) is 6.41. The zero-order valence-electron chi connectivity index (χ0n) is 13.7.